The highest BCUT2D eigenvalue weighted by Gasteiger charge is 2.41. The zero-order valence-corrected chi connectivity index (χ0v) is 40.4. The van der Waals surface area contributed by atoms with Crippen LogP contribution in [-0.2, 0) is 38.2 Å². The van der Waals surface area contributed by atoms with Crippen molar-refractivity contribution >= 4 is 35.1 Å². The number of hydrogen-bond donors (Lipinski definition) is 3. The summed E-state index contributed by atoms with van der Waals surface area (Å²) in [5.74, 6) is -2.22. The van der Waals surface area contributed by atoms with E-state index in [2.05, 4.69) is 0 Å². The Labute approximate surface area is 386 Å². The van der Waals surface area contributed by atoms with Crippen molar-refractivity contribution in [2.24, 2.45) is 16.2 Å². The van der Waals surface area contributed by atoms with E-state index in [1.807, 2.05) is 140 Å². The van der Waals surface area contributed by atoms with E-state index >= 15 is 0 Å². The van der Waals surface area contributed by atoms with Crippen LogP contribution in [0.2, 0.25) is 0 Å². The molecular formula is C54H72O11. The van der Waals surface area contributed by atoms with Gasteiger partial charge in [-0.25, -0.2) is 0 Å². The molecule has 0 aromatic heterocycles. The number of ketones is 4. The van der Waals surface area contributed by atoms with E-state index in [1.165, 1.54) is 6.92 Å². The third kappa shape index (κ3) is 18.2. The van der Waals surface area contributed by atoms with Crippen LogP contribution >= 0.6 is 0 Å². The second kappa shape index (κ2) is 26.0. The molecule has 0 aromatic rings. The molecule has 3 N–H and O–H groups in total. The van der Waals surface area contributed by atoms with Crippen molar-refractivity contribution in [3.8, 4) is 0 Å². The number of aliphatic hydroxyl groups is 3. The van der Waals surface area contributed by atoms with Crippen LogP contribution < -0.4 is 0 Å². The van der Waals surface area contributed by atoms with E-state index in [-0.39, 0.29) is 55.9 Å². The Morgan fingerprint density at radius 1 is 0.569 bits per heavy atom. The summed E-state index contributed by atoms with van der Waals surface area (Å²) in [6, 6.07) is 0. The minimum absolute atomic E-state index is 0.0282. The molecule has 0 saturated heterocycles. The fourth-order valence-corrected chi connectivity index (χ4v) is 7.54. The molecule has 11 nitrogen and oxygen atoms in total. The molecule has 2 aliphatic rings. The number of allylic oxidation sites excluding steroid dienone is 20. The maximum atomic E-state index is 13.3. The van der Waals surface area contributed by atoms with Gasteiger partial charge in [0.2, 0.25) is 0 Å². The molecule has 0 heterocycles. The quantitative estimate of drug-likeness (QED) is 0.0658. The maximum Gasteiger partial charge on any atom is 0.306 e. The van der Waals surface area contributed by atoms with Crippen molar-refractivity contribution in [2.45, 2.75) is 133 Å². The van der Waals surface area contributed by atoms with Gasteiger partial charge in [0.25, 0.3) is 0 Å². The van der Waals surface area contributed by atoms with Gasteiger partial charge in [-0.1, -0.05) is 135 Å². The molecule has 2 aliphatic carbocycles. The molecule has 65 heavy (non-hydrogen) atoms. The molecule has 0 amide bonds. The molecule has 0 radical (unpaired) electrons. The van der Waals surface area contributed by atoms with Crippen LogP contribution in [-0.4, -0.2) is 82.4 Å². The molecule has 0 fully saturated rings. The summed E-state index contributed by atoms with van der Waals surface area (Å²) in [5, 5.41) is 28.4. The van der Waals surface area contributed by atoms with E-state index in [1.54, 1.807) is 13.8 Å². The number of hydrogen-bond acceptors (Lipinski definition) is 11. The zero-order valence-electron chi connectivity index (χ0n) is 40.4. The molecule has 2 rings (SSSR count). The number of esters is 2. The Morgan fingerprint density at radius 2 is 0.923 bits per heavy atom. The number of carbonyl (C=O) groups excluding carboxylic acids is 6. The Bertz CT molecular complexity index is 2120. The average molecular weight is 897 g/mol. The highest BCUT2D eigenvalue weighted by Crippen LogP contribution is 2.42. The van der Waals surface area contributed by atoms with Crippen LogP contribution in [0.4, 0.5) is 0 Å². The first-order chi connectivity index (χ1) is 30.4. The lowest BCUT2D eigenvalue weighted by Crippen LogP contribution is -2.39. The minimum atomic E-state index is -1.35. The van der Waals surface area contributed by atoms with Crippen LogP contribution in [0.1, 0.15) is 121 Å². The minimum Gasteiger partial charge on any atom is -0.454 e. The summed E-state index contributed by atoms with van der Waals surface area (Å²) in [6.45, 7) is 19.2. The van der Waals surface area contributed by atoms with Crippen LogP contribution in [0, 0.1) is 16.2 Å². The first-order valence-corrected chi connectivity index (χ1v) is 22.2. The van der Waals surface area contributed by atoms with E-state index in [0.717, 1.165) is 33.4 Å². The van der Waals surface area contributed by atoms with Crippen molar-refractivity contribution in [3.63, 3.8) is 0 Å². The lowest BCUT2D eigenvalue weighted by molar-refractivity contribution is -0.156. The van der Waals surface area contributed by atoms with Crippen LogP contribution in [0.5, 0.6) is 0 Å². The number of aliphatic hydroxyl groups excluding tert-OH is 3. The number of rotatable bonds is 23. The van der Waals surface area contributed by atoms with Crippen LogP contribution in [0.25, 0.3) is 0 Å². The summed E-state index contributed by atoms with van der Waals surface area (Å²) in [5.41, 5.74) is 4.70. The van der Waals surface area contributed by atoms with Crippen LogP contribution in [0.15, 0.2) is 130 Å². The second-order valence-corrected chi connectivity index (χ2v) is 18.7. The number of carbonyl (C=O) groups is 6. The van der Waals surface area contributed by atoms with Crippen molar-refractivity contribution < 1.29 is 53.6 Å². The molecule has 354 valence electrons. The van der Waals surface area contributed by atoms with Crippen molar-refractivity contribution in [2.75, 3.05) is 19.8 Å². The fraction of sp³-hybridized carbons (Fsp3) is 0.481. The molecule has 0 aromatic carbocycles. The fourth-order valence-electron chi connectivity index (χ4n) is 7.54. The third-order valence-corrected chi connectivity index (χ3v) is 11.7. The van der Waals surface area contributed by atoms with Gasteiger partial charge in [-0.2, -0.15) is 0 Å². The largest absolute Gasteiger partial charge is 0.454 e. The molecule has 0 spiro atoms. The normalized spacial score (nSPS) is 20.4. The molecule has 0 bridgehead atoms. The second-order valence-electron chi connectivity index (χ2n) is 18.7. The average Bonchev–Trinajstić information content (AvgIpc) is 3.23. The standard InChI is InChI=1S/C54H72O11/c1-36(18-14-20-38(3)22-26-44-41(6)50(62)46(31-52(44,8)9)64-48(60)28-24-40(5)58)16-12-13-17-37(2)19-15-21-39(4)23-27-45-42(7)51(63)47(32-53(45,10)11)65-49(61)29-25-43(59)30-54(33-55,34-56)35-57/h12-23,26-27,46-47,55-57H,24-25,28-35H2,1-11H3/b13-12+,18-14+,19-15+,26-22+,27-23+,36-16+,37-17+,38-20+,39-21+. The van der Waals surface area contributed by atoms with Crippen LogP contribution in [0.3, 0.4) is 0 Å². The van der Waals surface area contributed by atoms with Gasteiger partial charge in [-0.05, 0) is 81.6 Å². The Kier molecular flexibility index (Phi) is 22.3. The summed E-state index contributed by atoms with van der Waals surface area (Å²) in [4.78, 5) is 74.8. The number of Topliss-reactive ketones (excluding diaryl/α,β-unsaturated/α-hetero) is 4. The topological polar surface area (TPSA) is 182 Å². The van der Waals surface area contributed by atoms with Gasteiger partial charge in [0, 0.05) is 37.5 Å². The van der Waals surface area contributed by atoms with Crippen molar-refractivity contribution in [3.05, 3.63) is 130 Å². The molecule has 0 saturated carbocycles. The smallest absolute Gasteiger partial charge is 0.306 e. The molecular weight excluding hydrogens is 825 g/mol. The van der Waals surface area contributed by atoms with E-state index in [9.17, 15) is 44.1 Å². The molecule has 2 atom stereocenters. The van der Waals surface area contributed by atoms with E-state index in [4.69, 9.17) is 9.47 Å². The first kappa shape index (κ1) is 55.8. The number of ether oxygens (including phenoxy) is 2. The van der Waals surface area contributed by atoms with Gasteiger partial charge < -0.3 is 29.6 Å². The molecule has 11 heteroatoms. The summed E-state index contributed by atoms with van der Waals surface area (Å²) >= 11 is 0. The summed E-state index contributed by atoms with van der Waals surface area (Å²) in [6.07, 6.45) is 25.9. The summed E-state index contributed by atoms with van der Waals surface area (Å²) < 4.78 is 11.0. The highest BCUT2D eigenvalue weighted by atomic mass is 16.6. The van der Waals surface area contributed by atoms with E-state index in [0.29, 0.717) is 17.6 Å². The maximum absolute atomic E-state index is 13.3. The lowest BCUT2D eigenvalue weighted by atomic mass is 9.71. The monoisotopic (exact) mass is 897 g/mol. The molecule has 2 unspecified atom stereocenters. The van der Waals surface area contributed by atoms with Gasteiger partial charge >= 0.3 is 11.9 Å². The zero-order chi connectivity index (χ0) is 49.1. The highest BCUT2D eigenvalue weighted by molar-refractivity contribution is 6.02. The van der Waals surface area contributed by atoms with Gasteiger partial charge in [0.15, 0.2) is 23.8 Å². The summed E-state index contributed by atoms with van der Waals surface area (Å²) in [7, 11) is 0. The third-order valence-electron chi connectivity index (χ3n) is 11.7. The predicted octanol–water partition coefficient (Wildman–Crippen LogP) is 9.08. The van der Waals surface area contributed by atoms with E-state index < -0.39 is 66.0 Å². The Morgan fingerprint density at radius 3 is 1.29 bits per heavy atom. The van der Waals surface area contributed by atoms with Gasteiger partial charge in [-0.15, -0.1) is 0 Å². The van der Waals surface area contributed by atoms with Crippen molar-refractivity contribution in [1.82, 2.24) is 0 Å². The lowest BCUT2D eigenvalue weighted by Gasteiger charge is -2.36. The van der Waals surface area contributed by atoms with Gasteiger partial charge in [-0.3, -0.25) is 24.0 Å². The Balaban J connectivity index is 1.96. The van der Waals surface area contributed by atoms with Gasteiger partial charge in [0.1, 0.15) is 11.6 Å². The SMILES string of the molecule is CC(=O)CCC(=O)OC1CC(C)(C)C(/C=C/C(C)=C/C=C/C(C)=C/C=C/C=C(C)/C=C/C=C(C)/C=C/C2=C(C)C(=O)C(OC(=O)CCC(=O)CC(CO)(CO)CO)CC2(C)C)=C(C)C1=O. The first-order valence-electron chi connectivity index (χ1n) is 22.2. The molecule has 0 aliphatic heterocycles. The predicted molar refractivity (Wildman–Crippen MR) is 255 cm³/mol. The Hall–Kier alpha value is -5.36. The van der Waals surface area contributed by atoms with Gasteiger partial charge in [0.05, 0.1) is 32.7 Å². The van der Waals surface area contributed by atoms with Crippen molar-refractivity contribution in [1.29, 1.82) is 0 Å².